The molecule has 0 spiro atoms. The average molecular weight is 506 g/mol. The van der Waals surface area contributed by atoms with Crippen LogP contribution in [-0.4, -0.2) is 37.5 Å². The van der Waals surface area contributed by atoms with E-state index in [9.17, 15) is 14.4 Å². The lowest BCUT2D eigenvalue weighted by Crippen LogP contribution is -2.42. The van der Waals surface area contributed by atoms with E-state index in [1.807, 2.05) is 20.8 Å². The highest BCUT2D eigenvalue weighted by Crippen LogP contribution is 2.21. The van der Waals surface area contributed by atoms with Crippen LogP contribution in [0.15, 0.2) is 72.8 Å². The van der Waals surface area contributed by atoms with E-state index in [2.05, 4.69) is 16.0 Å². The smallest absolute Gasteiger partial charge is 0.246 e. The number of hydrogen-bond donors (Lipinski definition) is 3. The topological polar surface area (TPSA) is 115 Å². The Morgan fingerprint density at radius 1 is 0.514 bits per heavy atom. The van der Waals surface area contributed by atoms with Gasteiger partial charge in [0.05, 0.1) is 19.8 Å². The fourth-order valence-corrected chi connectivity index (χ4v) is 3.40. The molecule has 9 heteroatoms. The third-order valence-corrected chi connectivity index (χ3v) is 5.09. The molecule has 9 nitrogen and oxygen atoms in total. The molecule has 3 N–H and O–H groups in total. The molecule has 0 bridgehead atoms. The van der Waals surface area contributed by atoms with Gasteiger partial charge in [0.2, 0.25) is 17.7 Å². The first-order valence-corrected chi connectivity index (χ1v) is 12.0. The highest BCUT2D eigenvalue weighted by Gasteiger charge is 2.34. The van der Waals surface area contributed by atoms with Crippen LogP contribution in [0.1, 0.15) is 20.8 Å². The van der Waals surface area contributed by atoms with Gasteiger partial charge in [0, 0.05) is 17.1 Å². The molecule has 3 aromatic rings. The van der Waals surface area contributed by atoms with Crippen molar-refractivity contribution < 1.29 is 28.6 Å². The Bertz CT molecular complexity index is 1030. The van der Waals surface area contributed by atoms with Gasteiger partial charge in [0.25, 0.3) is 0 Å². The van der Waals surface area contributed by atoms with E-state index in [4.69, 9.17) is 14.2 Å². The van der Waals surface area contributed by atoms with Crippen molar-refractivity contribution in [1.29, 1.82) is 0 Å². The summed E-state index contributed by atoms with van der Waals surface area (Å²) in [6.07, 6.45) is 0. The van der Waals surface area contributed by atoms with Gasteiger partial charge in [0.1, 0.15) is 17.2 Å². The van der Waals surface area contributed by atoms with Crippen molar-refractivity contribution in [2.24, 2.45) is 5.92 Å². The van der Waals surface area contributed by atoms with Crippen molar-refractivity contribution in [2.45, 2.75) is 20.8 Å². The number of anilines is 3. The van der Waals surface area contributed by atoms with E-state index < -0.39 is 23.6 Å². The van der Waals surface area contributed by atoms with Crippen molar-refractivity contribution in [3.63, 3.8) is 0 Å². The highest BCUT2D eigenvalue weighted by molar-refractivity contribution is 6.26. The Morgan fingerprint density at radius 2 is 0.757 bits per heavy atom. The minimum absolute atomic E-state index is 0.418. The van der Waals surface area contributed by atoms with E-state index in [0.717, 1.165) is 0 Å². The number of hydrogen-bond acceptors (Lipinski definition) is 6. The Morgan fingerprint density at radius 3 is 0.973 bits per heavy atom. The second-order valence-corrected chi connectivity index (χ2v) is 7.77. The summed E-state index contributed by atoms with van der Waals surface area (Å²) >= 11 is 0. The molecule has 0 radical (unpaired) electrons. The molecule has 37 heavy (non-hydrogen) atoms. The zero-order valence-electron chi connectivity index (χ0n) is 21.1. The first-order chi connectivity index (χ1) is 17.9. The normalized spacial score (nSPS) is 10.4. The lowest BCUT2D eigenvalue weighted by molar-refractivity contribution is -0.136. The summed E-state index contributed by atoms with van der Waals surface area (Å²) < 4.78 is 16.2. The predicted octanol–water partition coefficient (Wildman–Crippen LogP) is 4.71. The summed E-state index contributed by atoms with van der Waals surface area (Å²) in [6.45, 7) is 7.12. The van der Waals surface area contributed by atoms with Crippen LogP contribution >= 0.6 is 0 Å². The molecule has 0 aliphatic rings. The number of carbonyl (C=O) groups excluding carboxylic acids is 3. The second kappa shape index (κ2) is 13.5. The molecule has 0 aliphatic carbocycles. The van der Waals surface area contributed by atoms with E-state index in [-0.39, 0.29) is 0 Å². The molecule has 3 aromatic carbocycles. The standard InChI is InChI=1S/C28H31N3O6/c1-4-35-22-13-7-19(8-14-22)29-26(32)25(27(33)30-20-9-15-23(16-10-20)36-5-2)28(34)31-21-11-17-24(18-12-21)37-6-3/h7-18,25H,4-6H2,1-3H3,(H,29,32)(H,30,33)(H,31,34). The molecule has 0 unspecified atom stereocenters. The summed E-state index contributed by atoms with van der Waals surface area (Å²) in [4.78, 5) is 39.5. The van der Waals surface area contributed by atoms with Crippen LogP contribution in [0.25, 0.3) is 0 Å². The van der Waals surface area contributed by atoms with Gasteiger partial charge in [-0.3, -0.25) is 14.4 Å². The van der Waals surface area contributed by atoms with Gasteiger partial charge in [-0.15, -0.1) is 0 Å². The van der Waals surface area contributed by atoms with Crippen LogP contribution in [0.5, 0.6) is 17.2 Å². The van der Waals surface area contributed by atoms with E-state index >= 15 is 0 Å². The first kappa shape index (κ1) is 27.1. The van der Waals surface area contributed by atoms with Crippen molar-refractivity contribution in [1.82, 2.24) is 0 Å². The summed E-state index contributed by atoms with van der Waals surface area (Å²) in [5.74, 6) is -2.11. The van der Waals surface area contributed by atoms with Crippen molar-refractivity contribution >= 4 is 34.8 Å². The van der Waals surface area contributed by atoms with E-state index in [0.29, 0.717) is 54.1 Å². The van der Waals surface area contributed by atoms with Gasteiger partial charge in [-0.2, -0.15) is 0 Å². The van der Waals surface area contributed by atoms with Gasteiger partial charge >= 0.3 is 0 Å². The van der Waals surface area contributed by atoms with Crippen LogP contribution in [-0.2, 0) is 14.4 Å². The molecule has 0 saturated heterocycles. The van der Waals surface area contributed by atoms with Crippen LogP contribution in [0.3, 0.4) is 0 Å². The van der Waals surface area contributed by atoms with Gasteiger partial charge in [-0.1, -0.05) is 0 Å². The molecule has 0 aliphatic heterocycles. The molecule has 3 amide bonds. The fourth-order valence-electron chi connectivity index (χ4n) is 3.40. The molecule has 194 valence electrons. The van der Waals surface area contributed by atoms with Gasteiger partial charge < -0.3 is 30.2 Å². The van der Waals surface area contributed by atoms with Gasteiger partial charge in [-0.25, -0.2) is 0 Å². The number of ether oxygens (including phenoxy) is 3. The first-order valence-electron chi connectivity index (χ1n) is 12.0. The van der Waals surface area contributed by atoms with Crippen LogP contribution in [0.2, 0.25) is 0 Å². The number of amides is 3. The number of carbonyl (C=O) groups is 3. The molecule has 3 rings (SSSR count). The second-order valence-electron chi connectivity index (χ2n) is 7.77. The third kappa shape index (κ3) is 7.99. The average Bonchev–Trinajstić information content (AvgIpc) is 2.88. The van der Waals surface area contributed by atoms with Crippen LogP contribution in [0, 0.1) is 5.92 Å². The molecule has 0 atom stereocenters. The number of rotatable bonds is 12. The minimum atomic E-state index is -1.68. The van der Waals surface area contributed by atoms with E-state index in [1.54, 1.807) is 72.8 Å². The van der Waals surface area contributed by atoms with Crippen molar-refractivity contribution in [3.8, 4) is 17.2 Å². The van der Waals surface area contributed by atoms with Gasteiger partial charge in [0.15, 0.2) is 5.92 Å². The third-order valence-electron chi connectivity index (χ3n) is 5.09. The molecular weight excluding hydrogens is 474 g/mol. The summed E-state index contributed by atoms with van der Waals surface area (Å²) in [5, 5.41) is 7.92. The minimum Gasteiger partial charge on any atom is -0.494 e. The predicted molar refractivity (Wildman–Crippen MR) is 142 cm³/mol. The van der Waals surface area contributed by atoms with Crippen molar-refractivity contribution in [3.05, 3.63) is 72.8 Å². The maximum Gasteiger partial charge on any atom is 0.246 e. The Hall–Kier alpha value is -4.53. The lowest BCUT2D eigenvalue weighted by Gasteiger charge is -2.17. The quantitative estimate of drug-likeness (QED) is 0.307. The van der Waals surface area contributed by atoms with Crippen LogP contribution < -0.4 is 30.2 Å². The fraction of sp³-hybridized carbons (Fsp3) is 0.250. The lowest BCUT2D eigenvalue weighted by atomic mass is 10.1. The molecule has 0 saturated carbocycles. The maximum absolute atomic E-state index is 13.2. The number of benzene rings is 3. The Balaban J connectivity index is 1.78. The summed E-state index contributed by atoms with van der Waals surface area (Å²) in [6, 6.07) is 19.9. The maximum atomic E-state index is 13.2. The van der Waals surface area contributed by atoms with E-state index in [1.165, 1.54) is 0 Å². The monoisotopic (exact) mass is 505 g/mol. The number of nitrogens with one attached hydrogen (secondary N) is 3. The molecule has 0 fully saturated rings. The van der Waals surface area contributed by atoms with Crippen LogP contribution in [0.4, 0.5) is 17.1 Å². The highest BCUT2D eigenvalue weighted by atomic mass is 16.5. The molecule has 0 aromatic heterocycles. The SMILES string of the molecule is CCOc1ccc(NC(=O)C(C(=O)Nc2ccc(OCC)cc2)C(=O)Nc2ccc(OCC)cc2)cc1. The van der Waals surface area contributed by atoms with Gasteiger partial charge in [-0.05, 0) is 93.6 Å². The Kier molecular flexibility index (Phi) is 9.90. The zero-order chi connectivity index (χ0) is 26.6. The summed E-state index contributed by atoms with van der Waals surface area (Å²) in [7, 11) is 0. The molecule has 0 heterocycles. The zero-order valence-corrected chi connectivity index (χ0v) is 21.1. The largest absolute Gasteiger partial charge is 0.494 e. The van der Waals surface area contributed by atoms with Crippen molar-refractivity contribution in [2.75, 3.05) is 35.8 Å². The summed E-state index contributed by atoms with van der Waals surface area (Å²) in [5.41, 5.74) is 1.25. The Labute approximate surface area is 216 Å². The molecular formula is C28H31N3O6.